The quantitative estimate of drug-likeness (QED) is 0.277. The molecule has 2 aromatic carbocycles. The Morgan fingerprint density at radius 1 is 0.950 bits per heavy atom. The molecule has 2 aliphatic heterocycles. The molecule has 40 heavy (non-hydrogen) atoms. The average Bonchev–Trinajstić information content (AvgIpc) is 3.71. The number of amides is 3. The van der Waals surface area contributed by atoms with E-state index in [4.69, 9.17) is 0 Å². The van der Waals surface area contributed by atoms with Crippen molar-refractivity contribution in [2.75, 3.05) is 30.3 Å². The number of benzene rings is 2. The first kappa shape index (κ1) is 26.4. The molecule has 4 heterocycles. The van der Waals surface area contributed by atoms with Crippen LogP contribution in [0.5, 0.6) is 0 Å². The number of thiophene rings is 1. The molecule has 1 atom stereocenters. The van der Waals surface area contributed by atoms with Crippen LogP contribution in [-0.2, 0) is 16.0 Å². The van der Waals surface area contributed by atoms with Crippen LogP contribution < -0.4 is 16.0 Å². The highest BCUT2D eigenvalue weighted by atomic mass is 32.1. The van der Waals surface area contributed by atoms with E-state index in [1.807, 2.05) is 65.7 Å². The third kappa shape index (κ3) is 5.99. The van der Waals surface area contributed by atoms with Crippen LogP contribution in [0.3, 0.4) is 0 Å². The van der Waals surface area contributed by atoms with Gasteiger partial charge in [0.05, 0.1) is 32.2 Å². The van der Waals surface area contributed by atoms with Crippen molar-refractivity contribution >= 4 is 51.1 Å². The number of nitrogens with one attached hydrogen (secondary N) is 3. The zero-order valence-electron chi connectivity index (χ0n) is 21.8. The molecule has 0 radical (unpaired) electrons. The van der Waals surface area contributed by atoms with Crippen molar-refractivity contribution < 1.29 is 14.4 Å². The van der Waals surface area contributed by atoms with Crippen molar-refractivity contribution in [2.45, 2.75) is 31.2 Å². The van der Waals surface area contributed by atoms with Crippen LogP contribution in [0.1, 0.15) is 39.0 Å². The number of hydrogen-bond donors (Lipinski definition) is 3. The molecule has 8 nitrogen and oxygen atoms in total. The Balaban J connectivity index is 0.996. The van der Waals surface area contributed by atoms with Gasteiger partial charge < -0.3 is 20.9 Å². The van der Waals surface area contributed by atoms with Crippen molar-refractivity contribution in [1.82, 2.24) is 15.2 Å². The highest BCUT2D eigenvalue weighted by molar-refractivity contribution is 7.18. The van der Waals surface area contributed by atoms with E-state index in [-0.39, 0.29) is 29.7 Å². The first-order chi connectivity index (χ1) is 19.5. The Morgan fingerprint density at radius 2 is 1.75 bits per heavy atom. The third-order valence-electron chi connectivity index (χ3n) is 7.14. The van der Waals surface area contributed by atoms with Gasteiger partial charge in [-0.15, -0.1) is 22.7 Å². The van der Waals surface area contributed by atoms with Crippen molar-refractivity contribution in [3.05, 3.63) is 88.4 Å². The minimum absolute atomic E-state index is 0.00981. The van der Waals surface area contributed by atoms with E-state index >= 15 is 0 Å². The molecule has 0 spiro atoms. The number of rotatable bonds is 8. The number of anilines is 2. The highest BCUT2D eigenvalue weighted by Crippen LogP contribution is 2.36. The van der Waals surface area contributed by atoms with Crippen molar-refractivity contribution in [3.8, 4) is 10.4 Å². The van der Waals surface area contributed by atoms with E-state index in [0.29, 0.717) is 29.4 Å². The normalized spacial score (nSPS) is 16.9. The molecule has 0 bridgehead atoms. The fourth-order valence-corrected chi connectivity index (χ4v) is 6.78. The summed E-state index contributed by atoms with van der Waals surface area (Å²) < 4.78 is 0. The Morgan fingerprint density at radius 3 is 2.50 bits per heavy atom. The number of hydrogen-bond acceptors (Lipinski definition) is 7. The minimum atomic E-state index is -0.148. The lowest BCUT2D eigenvalue weighted by molar-refractivity contribution is -0.118. The summed E-state index contributed by atoms with van der Waals surface area (Å²) in [5.74, 6) is 0.124. The summed E-state index contributed by atoms with van der Waals surface area (Å²) in [7, 11) is 0. The van der Waals surface area contributed by atoms with Crippen LogP contribution >= 0.6 is 22.7 Å². The minimum Gasteiger partial charge on any atom is -0.336 e. The summed E-state index contributed by atoms with van der Waals surface area (Å²) in [5.41, 5.74) is 2.80. The monoisotopic (exact) mass is 571 g/mol. The molecule has 2 aliphatic rings. The van der Waals surface area contributed by atoms with Gasteiger partial charge in [0.15, 0.2) is 0 Å². The summed E-state index contributed by atoms with van der Waals surface area (Å²) in [5, 5.41) is 10.8. The number of thiazole rings is 1. The van der Waals surface area contributed by atoms with E-state index in [0.717, 1.165) is 46.1 Å². The second-order valence-electron chi connectivity index (χ2n) is 10.1. The van der Waals surface area contributed by atoms with Crippen molar-refractivity contribution in [2.24, 2.45) is 0 Å². The van der Waals surface area contributed by atoms with Gasteiger partial charge in [-0.2, -0.15) is 0 Å². The molecule has 2 fully saturated rings. The molecule has 2 saturated heterocycles. The summed E-state index contributed by atoms with van der Waals surface area (Å²) in [6.07, 6.45) is 4.04. The molecule has 4 aromatic rings. The molecule has 2 aromatic heterocycles. The second-order valence-corrected chi connectivity index (χ2v) is 12.2. The Bertz CT molecular complexity index is 1500. The van der Waals surface area contributed by atoms with E-state index in [1.54, 1.807) is 23.5 Å². The van der Waals surface area contributed by atoms with Crippen LogP contribution in [-0.4, -0.2) is 53.3 Å². The molecule has 10 heteroatoms. The molecule has 0 aliphatic carbocycles. The van der Waals surface area contributed by atoms with Gasteiger partial charge in [-0.05, 0) is 54.8 Å². The lowest BCUT2D eigenvalue weighted by atomic mass is 10.0. The number of carbonyl (C=O) groups is 3. The fraction of sp³-hybridized carbons (Fsp3) is 0.267. The zero-order chi connectivity index (χ0) is 27.5. The molecule has 204 valence electrons. The molecule has 6 rings (SSSR count). The van der Waals surface area contributed by atoms with Gasteiger partial charge in [-0.3, -0.25) is 14.4 Å². The van der Waals surface area contributed by atoms with Crippen molar-refractivity contribution in [1.29, 1.82) is 0 Å². The van der Waals surface area contributed by atoms with E-state index in [9.17, 15) is 14.4 Å². The lowest BCUT2D eigenvalue weighted by Crippen LogP contribution is -2.48. The van der Waals surface area contributed by atoms with Gasteiger partial charge in [0.1, 0.15) is 0 Å². The second kappa shape index (κ2) is 11.7. The predicted molar refractivity (Wildman–Crippen MR) is 159 cm³/mol. The first-order valence-electron chi connectivity index (χ1n) is 13.3. The van der Waals surface area contributed by atoms with E-state index in [2.05, 4.69) is 20.9 Å². The maximum absolute atomic E-state index is 13.0. The van der Waals surface area contributed by atoms with Crippen LogP contribution in [0.15, 0.2) is 72.9 Å². The first-order valence-corrected chi connectivity index (χ1v) is 15.0. The standard InChI is InChI=1S/C30H29N5O3S2/c36-26(33-22-5-2-1-3-6-22)15-19-8-10-20(11-9-19)25-16-32-29(40-25)21-17-35(18-21)30(38)24-12-13-27(39-24)34-28(37)23-7-4-14-31-23/h1-3,5-6,8-13,16,21,23,31H,4,7,14-15,17-18H2,(H,33,36)(H,34,37)/t23-/m0/s1. The van der Waals surface area contributed by atoms with Crippen LogP contribution in [0, 0.1) is 0 Å². The van der Waals surface area contributed by atoms with Crippen LogP contribution in [0.4, 0.5) is 10.7 Å². The maximum Gasteiger partial charge on any atom is 0.264 e. The summed E-state index contributed by atoms with van der Waals surface area (Å²) in [4.78, 5) is 45.8. The zero-order valence-corrected chi connectivity index (χ0v) is 23.4. The molecule has 3 N–H and O–H groups in total. The maximum atomic E-state index is 13.0. The van der Waals surface area contributed by atoms with Gasteiger partial charge in [0.2, 0.25) is 11.8 Å². The number of likely N-dealkylation sites (tertiary alicyclic amines) is 1. The van der Waals surface area contributed by atoms with Gasteiger partial charge in [0.25, 0.3) is 5.91 Å². The predicted octanol–water partition coefficient (Wildman–Crippen LogP) is 4.98. The number of aromatic nitrogens is 1. The Kier molecular flexibility index (Phi) is 7.72. The smallest absolute Gasteiger partial charge is 0.264 e. The Hall–Kier alpha value is -3.86. The number of para-hydroxylation sites is 1. The van der Waals surface area contributed by atoms with E-state index < -0.39 is 0 Å². The fourth-order valence-electron chi connectivity index (χ4n) is 4.90. The topological polar surface area (TPSA) is 103 Å². The molecular formula is C30H29N5O3S2. The molecule has 0 saturated carbocycles. The average molecular weight is 572 g/mol. The largest absolute Gasteiger partial charge is 0.336 e. The third-order valence-corrected chi connectivity index (χ3v) is 9.34. The number of carbonyl (C=O) groups excluding carboxylic acids is 3. The number of nitrogens with zero attached hydrogens (tertiary/aromatic N) is 2. The molecule has 0 unspecified atom stereocenters. The van der Waals surface area contributed by atoms with Crippen molar-refractivity contribution in [3.63, 3.8) is 0 Å². The molecule has 3 amide bonds. The SMILES string of the molecule is O=C(Cc1ccc(-c2cnc(C3CN(C(=O)c4ccc(NC(=O)[C@@H]5CCCN5)s4)C3)s2)cc1)Nc1ccccc1. The van der Waals surface area contributed by atoms with Crippen LogP contribution in [0.2, 0.25) is 0 Å². The summed E-state index contributed by atoms with van der Waals surface area (Å²) in [6.45, 7) is 2.13. The van der Waals surface area contributed by atoms with Gasteiger partial charge in [-0.25, -0.2) is 4.98 Å². The summed E-state index contributed by atoms with van der Waals surface area (Å²) >= 11 is 2.96. The molecular weight excluding hydrogens is 542 g/mol. The lowest BCUT2D eigenvalue weighted by Gasteiger charge is -2.37. The van der Waals surface area contributed by atoms with Crippen LogP contribution in [0.25, 0.3) is 10.4 Å². The Labute approximate surface area is 240 Å². The van der Waals surface area contributed by atoms with E-state index in [1.165, 1.54) is 11.3 Å². The van der Waals surface area contributed by atoms with Gasteiger partial charge >= 0.3 is 0 Å². The highest BCUT2D eigenvalue weighted by Gasteiger charge is 2.35. The summed E-state index contributed by atoms with van der Waals surface area (Å²) in [6, 6.07) is 20.9. The van der Waals surface area contributed by atoms with Gasteiger partial charge in [0, 0.05) is 30.9 Å². The van der Waals surface area contributed by atoms with Gasteiger partial charge in [-0.1, -0.05) is 42.5 Å².